The highest BCUT2D eigenvalue weighted by Crippen LogP contribution is 2.21. The first-order chi connectivity index (χ1) is 12.8. The van der Waals surface area contributed by atoms with Crippen LogP contribution in [0.3, 0.4) is 0 Å². The Hall–Kier alpha value is -3.80. The summed E-state index contributed by atoms with van der Waals surface area (Å²) in [6.07, 6.45) is 3.28. The van der Waals surface area contributed by atoms with E-state index in [9.17, 15) is 24.5 Å². The second-order valence-electron chi connectivity index (χ2n) is 5.79. The van der Waals surface area contributed by atoms with Gasteiger partial charge in [-0.3, -0.25) is 24.5 Å². The van der Waals surface area contributed by atoms with E-state index in [-0.39, 0.29) is 29.7 Å². The van der Waals surface area contributed by atoms with Gasteiger partial charge in [-0.1, -0.05) is 0 Å². The predicted octanol–water partition coefficient (Wildman–Crippen LogP) is -0.966. The number of non-ortho nitro benzene ring substituents is 1. The number of fused-ring (bicyclic) bond motifs is 1. The van der Waals surface area contributed by atoms with Gasteiger partial charge in [0.2, 0.25) is 5.91 Å². The van der Waals surface area contributed by atoms with E-state index in [1.807, 2.05) is 0 Å². The molecule has 0 fully saturated rings. The predicted molar refractivity (Wildman–Crippen MR) is 94.0 cm³/mol. The van der Waals surface area contributed by atoms with E-state index >= 15 is 0 Å². The Morgan fingerprint density at radius 2 is 2.04 bits per heavy atom. The maximum atomic E-state index is 11.7. The van der Waals surface area contributed by atoms with Crippen LogP contribution in [0.5, 0.6) is 0 Å². The third-order valence-corrected chi connectivity index (χ3v) is 3.96. The van der Waals surface area contributed by atoms with Crippen LogP contribution in [-0.4, -0.2) is 36.8 Å². The summed E-state index contributed by atoms with van der Waals surface area (Å²) in [6.45, 7) is -0.0157. The van der Waals surface area contributed by atoms with Crippen molar-refractivity contribution >= 4 is 22.6 Å². The molecule has 3 rings (SSSR count). The number of H-pyrrole nitrogens is 3. The smallest absolute Gasteiger partial charge is 0.314 e. The van der Waals surface area contributed by atoms with Gasteiger partial charge in [0.1, 0.15) is 0 Å². The fourth-order valence-electron chi connectivity index (χ4n) is 2.64. The zero-order valence-corrected chi connectivity index (χ0v) is 13.8. The molecule has 6 N–H and O–H groups in total. The number of nitrogens with one attached hydrogen (secondary N) is 4. The van der Waals surface area contributed by atoms with Gasteiger partial charge < -0.3 is 26.0 Å². The molecule has 0 saturated heterocycles. The number of hydrogen-bond acceptors (Lipinski definition) is 7. The van der Waals surface area contributed by atoms with Crippen LogP contribution >= 0.6 is 0 Å². The molecule has 3 aromatic rings. The van der Waals surface area contributed by atoms with Crippen molar-refractivity contribution in [2.75, 3.05) is 0 Å². The van der Waals surface area contributed by atoms with Gasteiger partial charge in [0.15, 0.2) is 0 Å². The summed E-state index contributed by atoms with van der Waals surface area (Å²) in [5.41, 5.74) is 4.57. The van der Waals surface area contributed by atoms with Gasteiger partial charge in [-0.15, -0.1) is 0 Å². The molecule has 2 aromatic heterocycles. The Morgan fingerprint density at radius 1 is 1.30 bits per heavy atom. The molecule has 1 atom stereocenters. The maximum absolute atomic E-state index is 11.7. The Kier molecular flexibility index (Phi) is 4.81. The molecule has 1 amide bonds. The monoisotopic (exact) mass is 373 g/mol. The molecule has 0 bridgehead atoms. The van der Waals surface area contributed by atoms with Crippen LogP contribution in [0.2, 0.25) is 0 Å². The second-order valence-corrected chi connectivity index (χ2v) is 5.79. The molecule has 0 aliphatic heterocycles. The summed E-state index contributed by atoms with van der Waals surface area (Å²) < 4.78 is 0. The summed E-state index contributed by atoms with van der Waals surface area (Å²) in [4.78, 5) is 56.8. The zero-order valence-electron chi connectivity index (χ0n) is 13.8. The van der Waals surface area contributed by atoms with Crippen molar-refractivity contribution in [3.63, 3.8) is 0 Å². The highest BCUT2D eigenvalue weighted by molar-refractivity contribution is 5.81. The molecule has 0 aliphatic rings. The highest BCUT2D eigenvalue weighted by Gasteiger charge is 2.19. The molecule has 1 aromatic carbocycles. The van der Waals surface area contributed by atoms with Crippen LogP contribution in [0.15, 0.2) is 34.2 Å². The molecule has 140 valence electrons. The molecule has 0 radical (unpaired) electrons. The fourth-order valence-corrected chi connectivity index (χ4v) is 2.64. The number of nitrogens with two attached hydrogens (primary N) is 1. The first-order valence-electron chi connectivity index (χ1n) is 7.79. The lowest BCUT2D eigenvalue weighted by Crippen LogP contribution is -2.42. The molecule has 27 heavy (non-hydrogen) atoms. The van der Waals surface area contributed by atoms with E-state index < -0.39 is 28.0 Å². The number of carbonyl (C=O) groups is 1. The standard InChI is InChI=1S/C15H15N7O5/c16-13(23)11(2-8-5-17-6-19-8)18-4-7-1-9(22(26)27)3-10-12(7)21-15(25)14(24)20-10/h1,3,5-6,11,18H,2,4H2,(H2,16,23)(H,17,19)(H,20,24)(H,21,25)/t11-/m0/s1. The summed E-state index contributed by atoms with van der Waals surface area (Å²) in [6, 6.07) is 1.60. The minimum Gasteiger partial charge on any atom is -0.368 e. The van der Waals surface area contributed by atoms with E-state index in [1.165, 1.54) is 12.4 Å². The van der Waals surface area contributed by atoms with Crippen molar-refractivity contribution in [2.24, 2.45) is 5.73 Å². The number of benzene rings is 1. The third-order valence-electron chi connectivity index (χ3n) is 3.96. The van der Waals surface area contributed by atoms with Crippen LogP contribution < -0.4 is 22.2 Å². The number of aromatic nitrogens is 4. The van der Waals surface area contributed by atoms with Gasteiger partial charge in [-0.2, -0.15) is 0 Å². The van der Waals surface area contributed by atoms with E-state index in [0.717, 1.165) is 6.07 Å². The van der Waals surface area contributed by atoms with E-state index in [0.29, 0.717) is 11.3 Å². The number of amides is 1. The lowest BCUT2D eigenvalue weighted by molar-refractivity contribution is -0.384. The number of rotatable bonds is 7. The number of imidazole rings is 1. The minimum atomic E-state index is -0.921. The quantitative estimate of drug-likeness (QED) is 0.200. The summed E-state index contributed by atoms with van der Waals surface area (Å²) >= 11 is 0. The van der Waals surface area contributed by atoms with Crippen molar-refractivity contribution in [2.45, 2.75) is 19.0 Å². The molecule has 12 nitrogen and oxygen atoms in total. The highest BCUT2D eigenvalue weighted by atomic mass is 16.6. The van der Waals surface area contributed by atoms with Crippen LogP contribution in [0.25, 0.3) is 11.0 Å². The lowest BCUT2D eigenvalue weighted by Gasteiger charge is -2.15. The normalized spacial score (nSPS) is 12.1. The van der Waals surface area contributed by atoms with Gasteiger partial charge >= 0.3 is 11.1 Å². The largest absolute Gasteiger partial charge is 0.368 e. The third kappa shape index (κ3) is 3.90. The molecular weight excluding hydrogens is 358 g/mol. The first kappa shape index (κ1) is 18.0. The number of hydrogen-bond donors (Lipinski definition) is 5. The van der Waals surface area contributed by atoms with Gasteiger partial charge in [0.05, 0.1) is 34.0 Å². The van der Waals surface area contributed by atoms with Crippen molar-refractivity contribution in [3.8, 4) is 0 Å². The average Bonchev–Trinajstić information content (AvgIpc) is 3.12. The number of nitro groups is 1. The van der Waals surface area contributed by atoms with Gasteiger partial charge in [-0.05, 0) is 5.56 Å². The first-order valence-corrected chi connectivity index (χ1v) is 7.79. The summed E-state index contributed by atoms with van der Waals surface area (Å²) in [5, 5.41) is 14.0. The average molecular weight is 373 g/mol. The second kappa shape index (κ2) is 7.21. The van der Waals surface area contributed by atoms with Crippen molar-refractivity contribution in [1.82, 2.24) is 25.3 Å². The van der Waals surface area contributed by atoms with Crippen molar-refractivity contribution in [1.29, 1.82) is 0 Å². The lowest BCUT2D eigenvalue weighted by atomic mass is 10.1. The molecule has 0 aliphatic carbocycles. The molecule has 0 spiro atoms. The molecule has 0 saturated carbocycles. The minimum absolute atomic E-state index is 0.0157. The van der Waals surface area contributed by atoms with Crippen molar-refractivity contribution in [3.05, 3.63) is 66.7 Å². The van der Waals surface area contributed by atoms with Gasteiger partial charge in [0, 0.05) is 31.3 Å². The van der Waals surface area contributed by atoms with Crippen molar-refractivity contribution < 1.29 is 9.72 Å². The van der Waals surface area contributed by atoms with Crippen LogP contribution in [0.1, 0.15) is 11.3 Å². The van der Waals surface area contributed by atoms with Gasteiger partial charge in [0.25, 0.3) is 5.69 Å². The SMILES string of the molecule is NC(=O)[C@H](Cc1c[nH]cn1)NCc1cc([N+](=O)[O-])cc2[nH]c(=O)c(=O)[nH]c12. The Labute approximate surface area is 150 Å². The molecule has 12 heteroatoms. The fraction of sp³-hybridized carbons (Fsp3) is 0.200. The Balaban J connectivity index is 1.95. The number of primary amides is 1. The maximum Gasteiger partial charge on any atom is 0.314 e. The molecule has 0 unspecified atom stereocenters. The number of carbonyl (C=O) groups excluding carboxylic acids is 1. The van der Waals surface area contributed by atoms with Crippen LogP contribution in [0.4, 0.5) is 5.69 Å². The number of nitrogens with zero attached hydrogens (tertiary/aromatic N) is 2. The Morgan fingerprint density at radius 3 is 2.67 bits per heavy atom. The zero-order chi connectivity index (χ0) is 19.6. The molecule has 2 heterocycles. The number of nitro benzene ring substituents is 1. The van der Waals surface area contributed by atoms with E-state index in [2.05, 4.69) is 25.3 Å². The Bertz CT molecular complexity index is 1120. The summed E-state index contributed by atoms with van der Waals surface area (Å²) in [7, 11) is 0. The van der Waals surface area contributed by atoms with Gasteiger partial charge in [-0.25, -0.2) is 4.98 Å². The number of aromatic amines is 3. The van der Waals surface area contributed by atoms with E-state index in [4.69, 9.17) is 5.73 Å². The van der Waals surface area contributed by atoms with Crippen LogP contribution in [-0.2, 0) is 17.8 Å². The van der Waals surface area contributed by atoms with E-state index in [1.54, 1.807) is 6.20 Å². The molecular formula is C15H15N7O5. The van der Waals surface area contributed by atoms with Crippen LogP contribution in [0, 0.1) is 10.1 Å². The topological polar surface area (TPSA) is 193 Å². The summed E-state index contributed by atoms with van der Waals surface area (Å²) in [5.74, 6) is -0.630.